The Hall–Kier alpha value is -1.39. The molecule has 0 radical (unpaired) electrons. The van der Waals surface area contributed by atoms with Crippen LogP contribution in [0.25, 0.3) is 0 Å². The Morgan fingerprint density at radius 2 is 2.00 bits per heavy atom. The van der Waals surface area contributed by atoms with Gasteiger partial charge in [0.15, 0.2) is 6.04 Å². The number of amides is 1. The highest BCUT2D eigenvalue weighted by atomic mass is 16.2. The van der Waals surface area contributed by atoms with E-state index in [0.29, 0.717) is 6.54 Å². The minimum atomic E-state index is -0.176. The van der Waals surface area contributed by atoms with Crippen molar-refractivity contribution in [1.82, 2.24) is 5.32 Å². The standard InChI is InChI=1S/C15H25N3O/c1-12(11-13-7-3-2-4-8-13)18-15(19)14(17)9-5-6-10-16/h2-4,7-8,12,14H,5-6,9-11,16-17H2,1H3,(H,18,19)/p+1/t12-,14-/m0/s1. The van der Waals surface area contributed by atoms with Crippen LogP contribution in [0, 0.1) is 0 Å². The number of nitrogens with two attached hydrogens (primary N) is 1. The van der Waals surface area contributed by atoms with Crippen molar-refractivity contribution in [1.29, 1.82) is 0 Å². The van der Waals surface area contributed by atoms with E-state index in [1.54, 1.807) is 0 Å². The van der Waals surface area contributed by atoms with Crippen LogP contribution in [0.3, 0.4) is 0 Å². The molecular formula is C15H26N3O+. The number of carbonyl (C=O) groups is 1. The van der Waals surface area contributed by atoms with Crippen molar-refractivity contribution in [2.45, 2.75) is 44.7 Å². The van der Waals surface area contributed by atoms with Crippen molar-refractivity contribution in [2.75, 3.05) is 6.54 Å². The molecule has 0 aliphatic heterocycles. The van der Waals surface area contributed by atoms with Gasteiger partial charge < -0.3 is 16.8 Å². The molecule has 0 unspecified atom stereocenters. The molecule has 0 aromatic heterocycles. The van der Waals surface area contributed by atoms with Crippen molar-refractivity contribution in [3.63, 3.8) is 0 Å². The zero-order chi connectivity index (χ0) is 14.1. The second kappa shape index (κ2) is 8.67. The SMILES string of the molecule is C[C@@H](Cc1ccccc1)NC(=O)[C@@H]([NH3+])CCCCN. The third-order valence-electron chi connectivity index (χ3n) is 3.15. The summed E-state index contributed by atoms with van der Waals surface area (Å²) in [5, 5.41) is 3.02. The van der Waals surface area contributed by atoms with E-state index in [-0.39, 0.29) is 18.0 Å². The van der Waals surface area contributed by atoms with E-state index in [1.165, 1.54) is 5.56 Å². The lowest BCUT2D eigenvalue weighted by molar-refractivity contribution is -0.405. The maximum Gasteiger partial charge on any atom is 0.278 e. The summed E-state index contributed by atoms with van der Waals surface area (Å²) < 4.78 is 0. The minimum Gasteiger partial charge on any atom is -0.348 e. The van der Waals surface area contributed by atoms with Gasteiger partial charge >= 0.3 is 0 Å². The molecule has 0 aliphatic rings. The van der Waals surface area contributed by atoms with E-state index >= 15 is 0 Å². The Morgan fingerprint density at radius 1 is 1.32 bits per heavy atom. The lowest BCUT2D eigenvalue weighted by Gasteiger charge is -2.16. The van der Waals surface area contributed by atoms with E-state index in [9.17, 15) is 4.79 Å². The second-order valence-corrected chi connectivity index (χ2v) is 5.08. The number of hydrogen-bond acceptors (Lipinski definition) is 2. The van der Waals surface area contributed by atoms with Gasteiger partial charge in [-0.3, -0.25) is 4.79 Å². The van der Waals surface area contributed by atoms with Crippen LogP contribution >= 0.6 is 0 Å². The van der Waals surface area contributed by atoms with Gasteiger partial charge in [0.2, 0.25) is 0 Å². The van der Waals surface area contributed by atoms with Gasteiger partial charge in [-0.05, 0) is 38.3 Å². The minimum absolute atomic E-state index is 0.0421. The highest BCUT2D eigenvalue weighted by Gasteiger charge is 2.18. The summed E-state index contributed by atoms with van der Waals surface area (Å²) in [6.45, 7) is 2.70. The molecule has 1 amide bonds. The van der Waals surface area contributed by atoms with Crippen molar-refractivity contribution < 1.29 is 10.5 Å². The van der Waals surface area contributed by atoms with Crippen molar-refractivity contribution in [3.8, 4) is 0 Å². The molecular weight excluding hydrogens is 238 g/mol. The van der Waals surface area contributed by atoms with Gasteiger partial charge in [-0.25, -0.2) is 0 Å². The fraction of sp³-hybridized carbons (Fsp3) is 0.533. The van der Waals surface area contributed by atoms with E-state index < -0.39 is 0 Å². The first kappa shape index (κ1) is 15.7. The van der Waals surface area contributed by atoms with Crippen LogP contribution in [0.4, 0.5) is 0 Å². The van der Waals surface area contributed by atoms with Gasteiger partial charge in [0.25, 0.3) is 5.91 Å². The smallest absolute Gasteiger partial charge is 0.278 e. The summed E-state index contributed by atoms with van der Waals surface area (Å²) in [7, 11) is 0. The maximum absolute atomic E-state index is 11.9. The Kier molecular flexibility index (Phi) is 7.15. The molecule has 0 bridgehead atoms. The molecule has 0 fully saturated rings. The first-order chi connectivity index (χ1) is 9.13. The fourth-order valence-corrected chi connectivity index (χ4v) is 2.05. The summed E-state index contributed by atoms with van der Waals surface area (Å²) in [6, 6.07) is 10.1. The molecule has 19 heavy (non-hydrogen) atoms. The summed E-state index contributed by atoms with van der Waals surface area (Å²) in [5.74, 6) is 0.0421. The van der Waals surface area contributed by atoms with Crippen molar-refractivity contribution in [3.05, 3.63) is 35.9 Å². The van der Waals surface area contributed by atoms with Crippen molar-refractivity contribution >= 4 is 5.91 Å². The number of quaternary nitrogens is 1. The highest BCUT2D eigenvalue weighted by Crippen LogP contribution is 2.03. The van der Waals surface area contributed by atoms with Crippen molar-refractivity contribution in [2.24, 2.45) is 5.73 Å². The van der Waals surface area contributed by atoms with Gasteiger partial charge in [-0.15, -0.1) is 0 Å². The molecule has 2 atom stereocenters. The molecule has 0 aliphatic carbocycles. The van der Waals surface area contributed by atoms with Crippen LogP contribution in [0.15, 0.2) is 30.3 Å². The topological polar surface area (TPSA) is 82.8 Å². The molecule has 4 heteroatoms. The van der Waals surface area contributed by atoms with E-state index in [1.807, 2.05) is 25.1 Å². The largest absolute Gasteiger partial charge is 0.348 e. The van der Waals surface area contributed by atoms with E-state index in [4.69, 9.17) is 5.73 Å². The van der Waals surface area contributed by atoms with Crippen LogP contribution in [0.1, 0.15) is 31.7 Å². The molecule has 0 heterocycles. The zero-order valence-electron chi connectivity index (χ0n) is 11.8. The number of carbonyl (C=O) groups excluding carboxylic acids is 1. The third kappa shape index (κ3) is 6.36. The summed E-state index contributed by atoms with van der Waals surface area (Å²) in [5.41, 5.74) is 10.6. The second-order valence-electron chi connectivity index (χ2n) is 5.08. The normalized spacial score (nSPS) is 13.8. The van der Waals surface area contributed by atoms with E-state index in [0.717, 1.165) is 25.7 Å². The van der Waals surface area contributed by atoms with Crippen LogP contribution in [-0.2, 0) is 11.2 Å². The molecule has 0 spiro atoms. The highest BCUT2D eigenvalue weighted by molar-refractivity contribution is 5.80. The zero-order valence-corrected chi connectivity index (χ0v) is 11.8. The molecule has 106 valence electrons. The molecule has 0 saturated carbocycles. The lowest BCUT2D eigenvalue weighted by atomic mass is 10.1. The summed E-state index contributed by atoms with van der Waals surface area (Å²) >= 11 is 0. The number of nitrogens with one attached hydrogen (secondary N) is 1. The number of rotatable bonds is 8. The first-order valence-electron chi connectivity index (χ1n) is 7.01. The van der Waals surface area contributed by atoms with Gasteiger partial charge in [-0.2, -0.15) is 0 Å². The van der Waals surface area contributed by atoms with Gasteiger partial charge in [-0.1, -0.05) is 30.3 Å². The average Bonchev–Trinajstić information content (AvgIpc) is 2.39. The van der Waals surface area contributed by atoms with Gasteiger partial charge in [0, 0.05) is 12.5 Å². The van der Waals surface area contributed by atoms with Crippen LogP contribution in [0.2, 0.25) is 0 Å². The summed E-state index contributed by atoms with van der Waals surface area (Å²) in [4.78, 5) is 11.9. The first-order valence-corrected chi connectivity index (χ1v) is 7.01. The Morgan fingerprint density at radius 3 is 2.63 bits per heavy atom. The third-order valence-corrected chi connectivity index (χ3v) is 3.15. The maximum atomic E-state index is 11.9. The quantitative estimate of drug-likeness (QED) is 0.597. The van der Waals surface area contributed by atoms with Gasteiger partial charge in [0.1, 0.15) is 0 Å². The molecule has 1 rings (SSSR count). The Labute approximate surface area is 115 Å². The van der Waals surface area contributed by atoms with Crippen LogP contribution < -0.4 is 16.8 Å². The number of unbranched alkanes of at least 4 members (excludes halogenated alkanes) is 1. The number of benzene rings is 1. The Bertz CT molecular complexity index is 367. The number of hydrogen-bond donors (Lipinski definition) is 3. The predicted molar refractivity (Wildman–Crippen MR) is 77.3 cm³/mol. The van der Waals surface area contributed by atoms with Crippen LogP contribution in [0.5, 0.6) is 0 Å². The van der Waals surface area contributed by atoms with E-state index in [2.05, 4.69) is 23.2 Å². The molecule has 1 aromatic rings. The van der Waals surface area contributed by atoms with Gasteiger partial charge in [0.05, 0.1) is 0 Å². The monoisotopic (exact) mass is 264 g/mol. The predicted octanol–water partition coefficient (Wildman–Crippen LogP) is 0.473. The molecule has 1 aromatic carbocycles. The fourth-order valence-electron chi connectivity index (χ4n) is 2.05. The summed E-state index contributed by atoms with van der Waals surface area (Å²) in [6.07, 6.45) is 3.58. The molecule has 6 N–H and O–H groups in total. The Balaban J connectivity index is 2.31. The average molecular weight is 264 g/mol. The van der Waals surface area contributed by atoms with Crippen LogP contribution in [-0.4, -0.2) is 24.5 Å². The molecule has 0 saturated heterocycles. The molecule has 4 nitrogen and oxygen atoms in total. The lowest BCUT2D eigenvalue weighted by Crippen LogP contribution is -2.68.